The van der Waals surface area contributed by atoms with Crippen molar-refractivity contribution in [1.82, 2.24) is 0 Å². The van der Waals surface area contributed by atoms with E-state index in [1.807, 2.05) is 0 Å². The molecular weight excluding hydrogens is 304 g/mol. The van der Waals surface area contributed by atoms with Crippen LogP contribution in [-0.2, 0) is 23.7 Å². The standard InChI is InChI=1S/C24H38O/c1-12-16(5)19-17(13-2)20(23(6,7)8)22(25-15-4)21(18(19)14-3)24(9,10)11/h12-15H2,1-4,6-11H3. The second-order valence-corrected chi connectivity index (χ2v) is 8.88. The maximum Gasteiger partial charge on any atom is 0.127 e. The largest absolute Gasteiger partial charge is 0.493 e. The summed E-state index contributed by atoms with van der Waals surface area (Å²) in [5.41, 5.74) is 7.12. The molecule has 0 heterocycles. The molecule has 0 saturated heterocycles. The van der Waals surface area contributed by atoms with Crippen LogP contribution >= 0.6 is 0 Å². The molecule has 1 heteroatoms. The topological polar surface area (TPSA) is 9.23 Å². The van der Waals surface area contributed by atoms with Gasteiger partial charge in [0, 0.05) is 11.1 Å². The van der Waals surface area contributed by atoms with Gasteiger partial charge >= 0.3 is 0 Å². The lowest BCUT2D eigenvalue weighted by molar-refractivity contribution is 0.318. The summed E-state index contributed by atoms with van der Waals surface area (Å²) in [7, 11) is 0. The van der Waals surface area contributed by atoms with Crippen molar-refractivity contribution < 1.29 is 4.74 Å². The Morgan fingerprint density at radius 3 is 1.44 bits per heavy atom. The van der Waals surface area contributed by atoms with E-state index in [0.29, 0.717) is 6.61 Å². The molecule has 0 unspecified atom stereocenters. The first-order valence-corrected chi connectivity index (χ1v) is 9.88. The molecule has 140 valence electrons. The van der Waals surface area contributed by atoms with E-state index >= 15 is 0 Å². The molecule has 25 heavy (non-hydrogen) atoms. The van der Waals surface area contributed by atoms with Crippen LogP contribution in [0.5, 0.6) is 5.75 Å². The number of hydrogen-bond acceptors (Lipinski definition) is 1. The fourth-order valence-electron chi connectivity index (χ4n) is 3.95. The molecule has 1 aromatic rings. The molecule has 0 fully saturated rings. The zero-order valence-corrected chi connectivity index (χ0v) is 18.2. The van der Waals surface area contributed by atoms with Crippen molar-refractivity contribution in [3.63, 3.8) is 0 Å². The van der Waals surface area contributed by atoms with Gasteiger partial charge in [-0.15, -0.1) is 0 Å². The monoisotopic (exact) mass is 342 g/mol. The highest BCUT2D eigenvalue weighted by Gasteiger charge is 2.34. The average molecular weight is 343 g/mol. The van der Waals surface area contributed by atoms with Gasteiger partial charge in [0.05, 0.1) is 6.61 Å². The highest BCUT2D eigenvalue weighted by atomic mass is 16.5. The summed E-state index contributed by atoms with van der Waals surface area (Å²) in [5.74, 6) is 1.07. The van der Waals surface area contributed by atoms with Crippen LogP contribution < -0.4 is 4.74 Å². The minimum atomic E-state index is -0.0229. The molecule has 0 bridgehead atoms. The lowest BCUT2D eigenvalue weighted by Gasteiger charge is -2.36. The summed E-state index contributed by atoms with van der Waals surface area (Å²) in [4.78, 5) is 0. The van der Waals surface area contributed by atoms with Crippen LogP contribution in [0.1, 0.15) is 103 Å². The molecule has 0 amide bonds. The summed E-state index contributed by atoms with van der Waals surface area (Å²) < 4.78 is 6.30. The molecule has 0 aliphatic carbocycles. The molecule has 1 aromatic carbocycles. The van der Waals surface area contributed by atoms with Crippen LogP contribution in [0, 0.1) is 6.58 Å². The maximum absolute atomic E-state index is 8.70. The number of benzene rings is 1. The van der Waals surface area contributed by atoms with Crippen molar-refractivity contribution >= 4 is 5.57 Å². The smallest absolute Gasteiger partial charge is 0.127 e. The Bertz CT molecular complexity index is 578. The maximum atomic E-state index is 8.70. The van der Waals surface area contributed by atoms with E-state index in [1.165, 1.54) is 27.8 Å². The Morgan fingerprint density at radius 1 is 0.800 bits per heavy atom. The first kappa shape index (κ1) is 21.8. The Morgan fingerprint density at radius 2 is 1.20 bits per heavy atom. The van der Waals surface area contributed by atoms with Gasteiger partial charge in [-0.1, -0.05) is 62.3 Å². The molecule has 0 aliphatic rings. The third kappa shape index (κ3) is 4.30. The average Bonchev–Trinajstić information content (AvgIpc) is 2.50. The number of rotatable bonds is 6. The van der Waals surface area contributed by atoms with Crippen LogP contribution in [0.15, 0.2) is 0 Å². The first-order valence-electron chi connectivity index (χ1n) is 9.88. The van der Waals surface area contributed by atoms with Gasteiger partial charge in [0.2, 0.25) is 0 Å². The zero-order valence-electron chi connectivity index (χ0n) is 18.2. The van der Waals surface area contributed by atoms with Gasteiger partial charge in [0.15, 0.2) is 0 Å². The minimum Gasteiger partial charge on any atom is -0.493 e. The molecule has 0 saturated carbocycles. The third-order valence-corrected chi connectivity index (χ3v) is 4.81. The van der Waals surface area contributed by atoms with E-state index in [4.69, 9.17) is 11.3 Å². The minimum absolute atomic E-state index is 0.0229. The predicted molar refractivity (Wildman–Crippen MR) is 111 cm³/mol. The molecule has 1 nitrogen and oxygen atoms in total. The number of hydrogen-bond donors (Lipinski definition) is 0. The van der Waals surface area contributed by atoms with Gasteiger partial charge in [-0.05, 0) is 65.9 Å². The van der Waals surface area contributed by atoms with E-state index in [0.717, 1.165) is 30.6 Å². The summed E-state index contributed by atoms with van der Waals surface area (Å²) in [6, 6.07) is 0. The number of ether oxygens (including phenoxy) is 1. The Labute approximate surface area is 156 Å². The lowest BCUT2D eigenvalue weighted by atomic mass is 9.71. The van der Waals surface area contributed by atoms with Gasteiger partial charge < -0.3 is 4.74 Å². The summed E-state index contributed by atoms with van der Waals surface area (Å²) in [5, 5.41) is 0. The second-order valence-electron chi connectivity index (χ2n) is 8.88. The fraction of sp³-hybridized carbons (Fsp3) is 0.667. The number of allylic oxidation sites excluding steroid dienone is 1. The molecule has 0 N–H and O–H groups in total. The Kier molecular flexibility index (Phi) is 6.95. The van der Waals surface area contributed by atoms with Gasteiger partial charge in [0.25, 0.3) is 0 Å². The van der Waals surface area contributed by atoms with Crippen LogP contribution in [0.4, 0.5) is 0 Å². The fourth-order valence-corrected chi connectivity index (χ4v) is 3.95. The van der Waals surface area contributed by atoms with Gasteiger partial charge in [0.1, 0.15) is 5.75 Å². The molecular formula is C24H38O. The van der Waals surface area contributed by atoms with Crippen LogP contribution in [0.2, 0.25) is 0 Å². The van der Waals surface area contributed by atoms with E-state index in [2.05, 4.69) is 69.2 Å². The molecule has 2 radical (unpaired) electrons. The van der Waals surface area contributed by atoms with E-state index in [9.17, 15) is 0 Å². The first-order chi connectivity index (χ1) is 11.4. The van der Waals surface area contributed by atoms with Crippen LogP contribution in [0.25, 0.3) is 5.57 Å². The zero-order chi connectivity index (χ0) is 19.6. The van der Waals surface area contributed by atoms with Crippen molar-refractivity contribution in [2.75, 3.05) is 6.61 Å². The van der Waals surface area contributed by atoms with E-state index < -0.39 is 0 Å². The molecule has 1 rings (SSSR count). The SMILES string of the molecule is [C]=C(CC)c1c(CC)c(C(C)(C)C)c(OCC)c(C(C)(C)C)c1CC. The Balaban J connectivity index is 4.23. The lowest BCUT2D eigenvalue weighted by Crippen LogP contribution is -2.25. The van der Waals surface area contributed by atoms with Crippen molar-refractivity contribution in [2.24, 2.45) is 0 Å². The molecule has 0 spiro atoms. The van der Waals surface area contributed by atoms with E-state index in [1.54, 1.807) is 0 Å². The molecule has 0 aromatic heterocycles. The van der Waals surface area contributed by atoms with E-state index in [-0.39, 0.29) is 10.8 Å². The van der Waals surface area contributed by atoms with Crippen molar-refractivity contribution in [3.8, 4) is 5.75 Å². The van der Waals surface area contributed by atoms with Crippen LogP contribution in [0.3, 0.4) is 0 Å². The Hall–Kier alpha value is -1.24. The summed E-state index contributed by atoms with van der Waals surface area (Å²) >= 11 is 0. The molecule has 0 atom stereocenters. The van der Waals surface area contributed by atoms with Gasteiger partial charge in [-0.3, -0.25) is 0 Å². The normalized spacial score (nSPS) is 12.4. The summed E-state index contributed by atoms with van der Waals surface area (Å²) in [6.07, 6.45) is 2.63. The second kappa shape index (κ2) is 7.98. The highest BCUT2D eigenvalue weighted by molar-refractivity contribution is 5.75. The van der Waals surface area contributed by atoms with Crippen LogP contribution in [-0.4, -0.2) is 6.61 Å². The predicted octanol–water partition coefficient (Wildman–Crippen LogP) is 6.91. The summed E-state index contributed by atoms with van der Waals surface area (Å²) in [6.45, 7) is 31.5. The molecule has 0 aliphatic heterocycles. The highest BCUT2D eigenvalue weighted by Crippen LogP contribution is 2.48. The quantitative estimate of drug-likeness (QED) is 0.546. The van der Waals surface area contributed by atoms with Crippen molar-refractivity contribution in [1.29, 1.82) is 0 Å². The van der Waals surface area contributed by atoms with Gasteiger partial charge in [-0.25, -0.2) is 0 Å². The third-order valence-electron chi connectivity index (χ3n) is 4.81. The van der Waals surface area contributed by atoms with Gasteiger partial charge in [-0.2, -0.15) is 0 Å². The van der Waals surface area contributed by atoms with Crippen molar-refractivity contribution in [2.45, 2.75) is 99.3 Å². The van der Waals surface area contributed by atoms with Crippen molar-refractivity contribution in [3.05, 3.63) is 34.4 Å².